The van der Waals surface area contributed by atoms with Crippen molar-refractivity contribution in [3.63, 3.8) is 0 Å². The predicted molar refractivity (Wildman–Crippen MR) is 89.2 cm³/mol. The molecule has 2 aromatic rings. The lowest BCUT2D eigenvalue weighted by molar-refractivity contribution is 0.396. The van der Waals surface area contributed by atoms with Crippen molar-refractivity contribution < 1.29 is 4.74 Å². The minimum absolute atomic E-state index is 0.266. The van der Waals surface area contributed by atoms with Crippen LogP contribution >= 0.6 is 11.6 Å². The summed E-state index contributed by atoms with van der Waals surface area (Å²) >= 11 is 6.05. The number of ether oxygens (including phenoxy) is 1. The normalized spacial score (nSPS) is 12.1. The molecule has 0 saturated heterocycles. The average molecular weight is 304 g/mol. The molecule has 0 aliphatic heterocycles. The highest BCUT2D eigenvalue weighted by molar-refractivity contribution is 6.30. The number of hydrogen-bond acceptors (Lipinski definition) is 2. The predicted octanol–water partition coefficient (Wildman–Crippen LogP) is 4.63. The maximum atomic E-state index is 6.05. The van der Waals surface area contributed by atoms with Gasteiger partial charge in [-0.05, 0) is 37.1 Å². The minimum Gasteiger partial charge on any atom is -0.496 e. The molecular weight excluding hydrogens is 282 g/mol. The molecule has 0 spiro atoms. The summed E-state index contributed by atoms with van der Waals surface area (Å²) in [6.45, 7) is 3.04. The van der Waals surface area contributed by atoms with Gasteiger partial charge in [0, 0.05) is 16.6 Å². The largest absolute Gasteiger partial charge is 0.496 e. The minimum atomic E-state index is 0.266. The summed E-state index contributed by atoms with van der Waals surface area (Å²) in [6, 6.07) is 16.7. The topological polar surface area (TPSA) is 21.3 Å². The van der Waals surface area contributed by atoms with Crippen molar-refractivity contribution in [2.45, 2.75) is 25.8 Å². The van der Waals surface area contributed by atoms with Gasteiger partial charge in [0.2, 0.25) is 0 Å². The molecule has 0 bridgehead atoms. The summed E-state index contributed by atoms with van der Waals surface area (Å²) in [6.07, 6.45) is 2.06. The maximum absolute atomic E-state index is 6.05. The number of methoxy groups -OCH3 is 1. The number of nitrogens with one attached hydrogen (secondary N) is 1. The van der Waals surface area contributed by atoms with Gasteiger partial charge in [-0.1, -0.05) is 54.9 Å². The van der Waals surface area contributed by atoms with Gasteiger partial charge >= 0.3 is 0 Å². The Labute approximate surface area is 132 Å². The summed E-state index contributed by atoms with van der Waals surface area (Å²) < 4.78 is 5.48. The van der Waals surface area contributed by atoms with Crippen LogP contribution in [0, 0.1) is 0 Å². The number of halogens is 1. The first-order valence-electron chi connectivity index (χ1n) is 7.35. The van der Waals surface area contributed by atoms with Crippen LogP contribution in [0.5, 0.6) is 5.75 Å². The molecule has 0 heterocycles. The Bertz CT molecular complexity index is 556. The van der Waals surface area contributed by atoms with Gasteiger partial charge in [0.15, 0.2) is 0 Å². The van der Waals surface area contributed by atoms with Crippen LogP contribution < -0.4 is 10.1 Å². The van der Waals surface area contributed by atoms with E-state index in [4.69, 9.17) is 16.3 Å². The summed E-state index contributed by atoms with van der Waals surface area (Å²) in [7, 11) is 1.69. The third kappa shape index (κ3) is 4.48. The highest BCUT2D eigenvalue weighted by Gasteiger charge is 2.15. The van der Waals surface area contributed by atoms with E-state index in [-0.39, 0.29) is 6.04 Å². The van der Waals surface area contributed by atoms with Crippen LogP contribution in [0.4, 0.5) is 0 Å². The third-order valence-corrected chi connectivity index (χ3v) is 3.82. The fraction of sp³-hybridized carbons (Fsp3) is 0.333. The number of benzene rings is 2. The van der Waals surface area contributed by atoms with Crippen LogP contribution in [0.2, 0.25) is 5.02 Å². The van der Waals surface area contributed by atoms with Crippen molar-refractivity contribution >= 4 is 11.6 Å². The summed E-state index contributed by atoms with van der Waals surface area (Å²) in [4.78, 5) is 0. The van der Waals surface area contributed by atoms with E-state index in [0.29, 0.717) is 5.02 Å². The second kappa shape index (κ2) is 8.06. The standard InChI is InChI=1S/C18H22ClNO/c1-3-20-17(12-9-14-7-5-4-6-8-14)16-11-10-15(19)13-18(16)21-2/h4-8,10-11,13,17,20H,3,9,12H2,1-2H3. The molecule has 0 aromatic heterocycles. The van der Waals surface area contributed by atoms with E-state index in [1.165, 1.54) is 11.1 Å². The van der Waals surface area contributed by atoms with Crippen molar-refractivity contribution in [1.29, 1.82) is 0 Å². The van der Waals surface area contributed by atoms with E-state index in [9.17, 15) is 0 Å². The highest BCUT2D eigenvalue weighted by Crippen LogP contribution is 2.30. The van der Waals surface area contributed by atoms with Crippen molar-refractivity contribution in [3.8, 4) is 5.75 Å². The molecule has 112 valence electrons. The smallest absolute Gasteiger partial charge is 0.125 e. The molecule has 0 radical (unpaired) electrons. The van der Waals surface area contributed by atoms with Crippen molar-refractivity contribution in [2.75, 3.05) is 13.7 Å². The number of aryl methyl sites for hydroxylation is 1. The molecule has 1 unspecified atom stereocenters. The molecular formula is C18H22ClNO. The Kier molecular flexibility index (Phi) is 6.09. The fourth-order valence-electron chi connectivity index (χ4n) is 2.54. The van der Waals surface area contributed by atoms with E-state index in [0.717, 1.165) is 25.1 Å². The van der Waals surface area contributed by atoms with Gasteiger partial charge in [-0.25, -0.2) is 0 Å². The molecule has 2 rings (SSSR count). The van der Waals surface area contributed by atoms with Crippen LogP contribution in [0.1, 0.15) is 30.5 Å². The first-order chi connectivity index (χ1) is 10.2. The van der Waals surface area contributed by atoms with E-state index >= 15 is 0 Å². The van der Waals surface area contributed by atoms with Crippen LogP contribution in [-0.2, 0) is 6.42 Å². The van der Waals surface area contributed by atoms with E-state index in [1.807, 2.05) is 18.2 Å². The quantitative estimate of drug-likeness (QED) is 0.805. The molecule has 21 heavy (non-hydrogen) atoms. The Balaban J connectivity index is 2.15. The number of rotatable bonds is 7. The van der Waals surface area contributed by atoms with Gasteiger partial charge in [0.05, 0.1) is 7.11 Å². The second-order valence-corrected chi connectivity index (χ2v) is 5.46. The van der Waals surface area contributed by atoms with Crippen molar-refractivity contribution in [3.05, 3.63) is 64.7 Å². The van der Waals surface area contributed by atoms with Crippen molar-refractivity contribution in [2.24, 2.45) is 0 Å². The summed E-state index contributed by atoms with van der Waals surface area (Å²) in [5.41, 5.74) is 2.52. The summed E-state index contributed by atoms with van der Waals surface area (Å²) in [5, 5.41) is 4.24. The molecule has 0 aliphatic carbocycles. The Morgan fingerprint density at radius 2 is 1.90 bits per heavy atom. The molecule has 0 fully saturated rings. The Morgan fingerprint density at radius 3 is 2.57 bits per heavy atom. The van der Waals surface area contributed by atoms with Gasteiger partial charge in [-0.2, -0.15) is 0 Å². The maximum Gasteiger partial charge on any atom is 0.125 e. The SMILES string of the molecule is CCNC(CCc1ccccc1)c1ccc(Cl)cc1OC. The van der Waals surface area contributed by atoms with E-state index in [2.05, 4.69) is 42.6 Å². The lowest BCUT2D eigenvalue weighted by atomic mass is 9.98. The molecule has 1 atom stereocenters. The van der Waals surface area contributed by atoms with Gasteiger partial charge in [0.1, 0.15) is 5.75 Å². The summed E-state index contributed by atoms with van der Waals surface area (Å²) in [5.74, 6) is 0.849. The van der Waals surface area contributed by atoms with Gasteiger partial charge in [-0.3, -0.25) is 0 Å². The van der Waals surface area contributed by atoms with E-state index < -0.39 is 0 Å². The monoisotopic (exact) mass is 303 g/mol. The van der Waals surface area contributed by atoms with Crippen molar-refractivity contribution in [1.82, 2.24) is 5.32 Å². The average Bonchev–Trinajstić information content (AvgIpc) is 2.52. The molecule has 2 aromatic carbocycles. The zero-order chi connectivity index (χ0) is 15.1. The highest BCUT2D eigenvalue weighted by atomic mass is 35.5. The van der Waals surface area contributed by atoms with Gasteiger partial charge in [-0.15, -0.1) is 0 Å². The van der Waals surface area contributed by atoms with Gasteiger partial charge in [0.25, 0.3) is 0 Å². The number of hydrogen-bond donors (Lipinski definition) is 1. The fourth-order valence-corrected chi connectivity index (χ4v) is 2.70. The second-order valence-electron chi connectivity index (χ2n) is 5.02. The van der Waals surface area contributed by atoms with E-state index in [1.54, 1.807) is 7.11 Å². The van der Waals surface area contributed by atoms with Crippen LogP contribution in [0.25, 0.3) is 0 Å². The molecule has 1 N–H and O–H groups in total. The third-order valence-electron chi connectivity index (χ3n) is 3.59. The molecule has 3 heteroatoms. The Hall–Kier alpha value is -1.51. The lowest BCUT2D eigenvalue weighted by Gasteiger charge is -2.21. The lowest BCUT2D eigenvalue weighted by Crippen LogP contribution is -2.22. The van der Waals surface area contributed by atoms with Crippen LogP contribution in [-0.4, -0.2) is 13.7 Å². The Morgan fingerprint density at radius 1 is 1.14 bits per heavy atom. The zero-order valence-electron chi connectivity index (χ0n) is 12.6. The molecule has 0 amide bonds. The first-order valence-corrected chi connectivity index (χ1v) is 7.73. The molecule has 0 saturated carbocycles. The molecule has 0 aliphatic rings. The molecule has 2 nitrogen and oxygen atoms in total. The van der Waals surface area contributed by atoms with Crippen LogP contribution in [0.3, 0.4) is 0 Å². The van der Waals surface area contributed by atoms with Gasteiger partial charge < -0.3 is 10.1 Å². The first kappa shape index (κ1) is 15.9. The van der Waals surface area contributed by atoms with Crippen LogP contribution in [0.15, 0.2) is 48.5 Å². The zero-order valence-corrected chi connectivity index (χ0v) is 13.4.